The van der Waals surface area contributed by atoms with Gasteiger partial charge in [0.2, 0.25) is 0 Å². The molecule has 3 heteroatoms. The van der Waals surface area contributed by atoms with Crippen molar-refractivity contribution in [2.24, 2.45) is 0 Å². The van der Waals surface area contributed by atoms with E-state index in [1.807, 2.05) is 0 Å². The van der Waals surface area contributed by atoms with Crippen molar-refractivity contribution >= 4 is 14.0 Å². The molecule has 1 aliphatic rings. The zero-order chi connectivity index (χ0) is 11.6. The van der Waals surface area contributed by atoms with E-state index in [0.717, 1.165) is 18.6 Å². The maximum atomic E-state index is 11.0. The van der Waals surface area contributed by atoms with Crippen molar-refractivity contribution in [1.82, 2.24) is 0 Å². The summed E-state index contributed by atoms with van der Waals surface area (Å²) in [4.78, 5) is 11.0. The summed E-state index contributed by atoms with van der Waals surface area (Å²) in [6.07, 6.45) is 3.37. The highest BCUT2D eigenvalue weighted by Gasteiger charge is 2.32. The normalized spacial score (nSPS) is 22.9. The zero-order valence-corrected chi connectivity index (χ0v) is 11.5. The van der Waals surface area contributed by atoms with E-state index in [4.69, 9.17) is 4.74 Å². The highest BCUT2D eigenvalue weighted by atomic mass is 28.3. The highest BCUT2D eigenvalue weighted by Crippen LogP contribution is 2.41. The Bertz CT molecular complexity index is 286. The molecule has 1 rings (SSSR count). The average molecular weight is 226 g/mol. The molecule has 1 atom stereocenters. The Morgan fingerprint density at radius 2 is 2.00 bits per heavy atom. The second kappa shape index (κ2) is 4.52. The molecule has 0 aromatic carbocycles. The number of hydrogen-bond donors (Lipinski definition) is 0. The van der Waals surface area contributed by atoms with Gasteiger partial charge in [-0.15, -0.1) is 0 Å². The van der Waals surface area contributed by atoms with Crippen molar-refractivity contribution in [3.63, 3.8) is 0 Å². The molecule has 0 radical (unpaired) electrons. The molecule has 1 aliphatic carbocycles. The number of esters is 1. The number of allylic oxidation sites excluding steroid dienone is 2. The van der Waals surface area contributed by atoms with Crippen LogP contribution in [0.2, 0.25) is 25.2 Å². The molecule has 0 aliphatic heterocycles. The lowest BCUT2D eigenvalue weighted by Crippen LogP contribution is -2.31. The van der Waals surface area contributed by atoms with Gasteiger partial charge in [0.05, 0.1) is 8.07 Å². The van der Waals surface area contributed by atoms with Crippen molar-refractivity contribution in [3.05, 3.63) is 11.3 Å². The van der Waals surface area contributed by atoms with Gasteiger partial charge in [-0.3, -0.25) is 4.79 Å². The topological polar surface area (TPSA) is 26.3 Å². The van der Waals surface area contributed by atoms with E-state index in [2.05, 4.69) is 26.6 Å². The summed E-state index contributed by atoms with van der Waals surface area (Å²) >= 11 is 0. The van der Waals surface area contributed by atoms with Gasteiger partial charge in [-0.2, -0.15) is 0 Å². The fourth-order valence-electron chi connectivity index (χ4n) is 2.46. The summed E-state index contributed by atoms with van der Waals surface area (Å²) in [5.74, 6) is 0.766. The van der Waals surface area contributed by atoms with Crippen molar-refractivity contribution in [1.29, 1.82) is 0 Å². The van der Waals surface area contributed by atoms with Crippen LogP contribution in [0.5, 0.6) is 0 Å². The minimum atomic E-state index is -1.16. The SMILES string of the molecule is CC(=O)OC1=C(C)C([Si](C)(C)C)CCC1. The van der Waals surface area contributed by atoms with Gasteiger partial charge in [0.15, 0.2) is 0 Å². The zero-order valence-electron chi connectivity index (χ0n) is 10.5. The van der Waals surface area contributed by atoms with Crippen LogP contribution in [0.4, 0.5) is 0 Å². The Balaban J connectivity index is 2.90. The quantitative estimate of drug-likeness (QED) is 0.530. The van der Waals surface area contributed by atoms with E-state index in [0.29, 0.717) is 5.54 Å². The third-order valence-electron chi connectivity index (χ3n) is 3.17. The van der Waals surface area contributed by atoms with E-state index < -0.39 is 8.07 Å². The van der Waals surface area contributed by atoms with Gasteiger partial charge in [0.25, 0.3) is 0 Å². The Morgan fingerprint density at radius 1 is 1.40 bits per heavy atom. The summed E-state index contributed by atoms with van der Waals surface area (Å²) in [7, 11) is -1.16. The van der Waals surface area contributed by atoms with Gasteiger partial charge in [-0.25, -0.2) is 0 Å². The van der Waals surface area contributed by atoms with E-state index >= 15 is 0 Å². The summed E-state index contributed by atoms with van der Waals surface area (Å²) in [5, 5.41) is 0. The van der Waals surface area contributed by atoms with E-state index in [-0.39, 0.29) is 5.97 Å². The third kappa shape index (κ3) is 3.19. The number of rotatable bonds is 2. The Morgan fingerprint density at radius 3 is 2.47 bits per heavy atom. The number of ether oxygens (including phenoxy) is 1. The molecular weight excluding hydrogens is 204 g/mol. The van der Waals surface area contributed by atoms with Crippen molar-refractivity contribution in [2.45, 2.75) is 58.3 Å². The maximum absolute atomic E-state index is 11.0. The number of carbonyl (C=O) groups excluding carboxylic acids is 1. The first-order valence-corrected chi connectivity index (χ1v) is 9.28. The summed E-state index contributed by atoms with van der Waals surface area (Å²) in [5.41, 5.74) is 2.01. The molecule has 0 aromatic rings. The molecule has 0 spiro atoms. The molecule has 0 amide bonds. The summed E-state index contributed by atoms with van der Waals surface area (Å²) in [6, 6.07) is 0. The fourth-order valence-corrected chi connectivity index (χ4v) is 4.99. The van der Waals surface area contributed by atoms with Crippen LogP contribution in [0.15, 0.2) is 11.3 Å². The minimum Gasteiger partial charge on any atom is -0.431 e. The summed E-state index contributed by atoms with van der Waals surface area (Å²) in [6.45, 7) is 10.8. The number of carbonyl (C=O) groups is 1. The molecule has 0 heterocycles. The molecule has 2 nitrogen and oxygen atoms in total. The van der Waals surface area contributed by atoms with Crippen LogP contribution >= 0.6 is 0 Å². The van der Waals surface area contributed by atoms with E-state index in [1.165, 1.54) is 18.9 Å². The van der Waals surface area contributed by atoms with Crippen LogP contribution in [0.3, 0.4) is 0 Å². The van der Waals surface area contributed by atoms with Gasteiger partial charge in [-0.1, -0.05) is 19.6 Å². The smallest absolute Gasteiger partial charge is 0.307 e. The summed E-state index contributed by atoms with van der Waals surface area (Å²) < 4.78 is 5.29. The Labute approximate surface area is 93.7 Å². The number of hydrogen-bond acceptors (Lipinski definition) is 2. The van der Waals surface area contributed by atoms with Gasteiger partial charge < -0.3 is 4.74 Å². The van der Waals surface area contributed by atoms with Crippen LogP contribution < -0.4 is 0 Å². The Hall–Kier alpha value is -0.573. The first kappa shape index (κ1) is 12.5. The van der Waals surface area contributed by atoms with Crippen molar-refractivity contribution < 1.29 is 9.53 Å². The highest BCUT2D eigenvalue weighted by molar-refractivity contribution is 6.78. The fraction of sp³-hybridized carbons (Fsp3) is 0.750. The maximum Gasteiger partial charge on any atom is 0.307 e. The second-order valence-electron chi connectivity index (χ2n) is 5.51. The molecule has 0 N–H and O–H groups in total. The van der Waals surface area contributed by atoms with Crippen LogP contribution in [-0.2, 0) is 9.53 Å². The molecule has 86 valence electrons. The monoisotopic (exact) mass is 226 g/mol. The van der Waals surface area contributed by atoms with E-state index in [9.17, 15) is 4.79 Å². The largest absolute Gasteiger partial charge is 0.431 e. The van der Waals surface area contributed by atoms with E-state index in [1.54, 1.807) is 0 Å². The third-order valence-corrected chi connectivity index (χ3v) is 5.98. The predicted octanol–water partition coefficient (Wildman–Crippen LogP) is 3.72. The molecule has 0 bridgehead atoms. The second-order valence-corrected chi connectivity index (χ2v) is 10.9. The molecule has 0 saturated heterocycles. The lowest BCUT2D eigenvalue weighted by atomic mass is 9.98. The van der Waals surface area contributed by atoms with Crippen LogP contribution in [0, 0.1) is 0 Å². The minimum absolute atomic E-state index is 0.180. The Kier molecular flexibility index (Phi) is 3.76. The van der Waals surface area contributed by atoms with Crippen molar-refractivity contribution in [2.75, 3.05) is 0 Å². The molecular formula is C12H22O2Si. The first-order valence-electron chi connectivity index (χ1n) is 5.70. The van der Waals surface area contributed by atoms with Gasteiger partial charge in [-0.05, 0) is 30.9 Å². The van der Waals surface area contributed by atoms with Crippen LogP contribution in [0.25, 0.3) is 0 Å². The molecule has 1 unspecified atom stereocenters. The predicted molar refractivity (Wildman–Crippen MR) is 65.4 cm³/mol. The standard InChI is InChI=1S/C12H22O2Si/c1-9-11(14-10(2)13)7-6-8-12(9)15(3,4)5/h12H,6-8H2,1-5H3. The molecule has 0 saturated carbocycles. The van der Waals surface area contributed by atoms with Gasteiger partial charge >= 0.3 is 5.97 Å². The lowest BCUT2D eigenvalue weighted by Gasteiger charge is -2.34. The first-order chi connectivity index (χ1) is 6.82. The van der Waals surface area contributed by atoms with Crippen LogP contribution in [-0.4, -0.2) is 14.0 Å². The molecule has 0 fully saturated rings. The van der Waals surface area contributed by atoms with Gasteiger partial charge in [0, 0.05) is 13.3 Å². The average Bonchev–Trinajstić information content (AvgIpc) is 2.05. The lowest BCUT2D eigenvalue weighted by molar-refractivity contribution is -0.137. The van der Waals surface area contributed by atoms with Crippen LogP contribution in [0.1, 0.15) is 33.1 Å². The van der Waals surface area contributed by atoms with Crippen molar-refractivity contribution in [3.8, 4) is 0 Å². The van der Waals surface area contributed by atoms with Gasteiger partial charge in [0.1, 0.15) is 5.76 Å². The molecule has 0 aromatic heterocycles. The molecule has 15 heavy (non-hydrogen) atoms.